The lowest BCUT2D eigenvalue weighted by Gasteiger charge is -2.01. The van der Waals surface area contributed by atoms with Crippen molar-refractivity contribution in [1.82, 2.24) is 9.78 Å². The van der Waals surface area contributed by atoms with E-state index in [0.29, 0.717) is 23.6 Å². The quantitative estimate of drug-likeness (QED) is 0.849. The van der Waals surface area contributed by atoms with Crippen LogP contribution < -0.4 is 5.32 Å². The summed E-state index contributed by atoms with van der Waals surface area (Å²) >= 11 is 0. The molecule has 2 aromatic heterocycles. The minimum Gasteiger partial charge on any atom is -0.480 e. The molecule has 2 heterocycles. The van der Waals surface area contributed by atoms with Crippen molar-refractivity contribution < 1.29 is 19.1 Å². The lowest BCUT2D eigenvalue weighted by molar-refractivity contribution is -0.137. The highest BCUT2D eigenvalue weighted by Crippen LogP contribution is 2.13. The number of carboxylic acid groups (broad SMARTS) is 1. The van der Waals surface area contributed by atoms with Gasteiger partial charge in [-0.1, -0.05) is 6.92 Å². The van der Waals surface area contributed by atoms with Crippen molar-refractivity contribution in [1.29, 1.82) is 0 Å². The smallest absolute Gasteiger partial charge is 0.325 e. The van der Waals surface area contributed by atoms with Crippen molar-refractivity contribution in [2.75, 3.05) is 5.32 Å². The molecule has 2 aromatic rings. The molecule has 7 heteroatoms. The molecular formula is C12H13N3O4. The normalized spacial score (nSPS) is 10.4. The first-order chi connectivity index (χ1) is 9.10. The number of nitrogens with zero attached hydrogens (tertiary/aromatic N) is 2. The molecule has 0 aliphatic rings. The minimum atomic E-state index is -0.996. The predicted octanol–water partition coefficient (Wildman–Crippen LogP) is 1.38. The molecule has 2 rings (SSSR count). The maximum atomic E-state index is 11.9. The van der Waals surface area contributed by atoms with Crippen LogP contribution in [-0.4, -0.2) is 26.8 Å². The summed E-state index contributed by atoms with van der Waals surface area (Å²) < 4.78 is 6.40. The van der Waals surface area contributed by atoms with Crippen LogP contribution in [0.3, 0.4) is 0 Å². The Kier molecular flexibility index (Phi) is 3.65. The molecule has 0 aliphatic heterocycles. The third-order valence-electron chi connectivity index (χ3n) is 2.49. The Labute approximate surface area is 108 Å². The molecule has 100 valence electrons. The Balaban J connectivity index is 2.07. The summed E-state index contributed by atoms with van der Waals surface area (Å²) in [6.07, 6.45) is 3.56. The van der Waals surface area contributed by atoms with E-state index in [4.69, 9.17) is 9.52 Å². The Morgan fingerprint density at radius 1 is 1.47 bits per heavy atom. The van der Waals surface area contributed by atoms with E-state index < -0.39 is 5.97 Å². The second kappa shape index (κ2) is 5.38. The van der Waals surface area contributed by atoms with Gasteiger partial charge in [-0.2, -0.15) is 5.10 Å². The fraction of sp³-hybridized carbons (Fsp3) is 0.250. The molecule has 0 spiro atoms. The summed E-state index contributed by atoms with van der Waals surface area (Å²) in [5.74, 6) is -0.424. The highest BCUT2D eigenvalue weighted by Gasteiger charge is 2.14. The number of rotatable bonds is 5. The monoisotopic (exact) mass is 263 g/mol. The number of aryl methyl sites for hydroxylation is 1. The molecule has 2 N–H and O–H groups in total. The number of carboxylic acids is 1. The van der Waals surface area contributed by atoms with Crippen LogP contribution in [0.4, 0.5) is 5.82 Å². The highest BCUT2D eigenvalue weighted by molar-refractivity contribution is 6.04. The number of hydrogen-bond donors (Lipinski definition) is 2. The lowest BCUT2D eigenvalue weighted by Crippen LogP contribution is -2.14. The number of carbonyl (C=O) groups excluding carboxylic acids is 1. The molecule has 0 atom stereocenters. The molecule has 0 radical (unpaired) electrons. The number of carbonyl (C=O) groups is 2. The third kappa shape index (κ3) is 3.01. The zero-order chi connectivity index (χ0) is 13.8. The third-order valence-corrected chi connectivity index (χ3v) is 2.49. The van der Waals surface area contributed by atoms with Crippen molar-refractivity contribution >= 4 is 17.7 Å². The molecule has 0 saturated heterocycles. The molecule has 0 bridgehead atoms. The van der Waals surface area contributed by atoms with Gasteiger partial charge in [0.25, 0.3) is 5.91 Å². The lowest BCUT2D eigenvalue weighted by atomic mass is 10.2. The zero-order valence-electron chi connectivity index (χ0n) is 10.3. The van der Waals surface area contributed by atoms with Crippen LogP contribution in [0.5, 0.6) is 0 Å². The van der Waals surface area contributed by atoms with Crippen molar-refractivity contribution in [2.45, 2.75) is 19.9 Å². The second-order valence-corrected chi connectivity index (χ2v) is 3.86. The van der Waals surface area contributed by atoms with Crippen LogP contribution in [-0.2, 0) is 17.8 Å². The predicted molar refractivity (Wildman–Crippen MR) is 65.9 cm³/mol. The largest absolute Gasteiger partial charge is 0.480 e. The Bertz CT molecular complexity index is 600. The minimum absolute atomic E-state index is 0.248. The van der Waals surface area contributed by atoms with E-state index >= 15 is 0 Å². The maximum Gasteiger partial charge on any atom is 0.325 e. The molecule has 1 amide bonds. The Hall–Kier alpha value is -2.57. The van der Waals surface area contributed by atoms with Gasteiger partial charge in [-0.05, 0) is 6.07 Å². The number of hydrogen-bond acceptors (Lipinski definition) is 4. The van der Waals surface area contributed by atoms with Gasteiger partial charge in [0.2, 0.25) is 0 Å². The van der Waals surface area contributed by atoms with Crippen molar-refractivity contribution in [3.05, 3.63) is 35.9 Å². The van der Waals surface area contributed by atoms with Gasteiger partial charge < -0.3 is 14.8 Å². The van der Waals surface area contributed by atoms with Crippen molar-refractivity contribution in [3.8, 4) is 0 Å². The van der Waals surface area contributed by atoms with Gasteiger partial charge in [0.05, 0.1) is 11.8 Å². The highest BCUT2D eigenvalue weighted by atomic mass is 16.4. The second-order valence-electron chi connectivity index (χ2n) is 3.86. The fourth-order valence-electron chi connectivity index (χ4n) is 1.66. The van der Waals surface area contributed by atoms with Gasteiger partial charge >= 0.3 is 5.97 Å². The van der Waals surface area contributed by atoms with Gasteiger partial charge in [-0.25, -0.2) is 0 Å². The van der Waals surface area contributed by atoms with Crippen LogP contribution in [0.2, 0.25) is 0 Å². The standard InChI is InChI=1S/C12H13N3O4/c1-2-9-8(4-6-19-9)12(18)13-10-3-5-15(14-10)7-11(16)17/h3-6H,2,7H2,1H3,(H,16,17)(H,13,14,18). The summed E-state index contributed by atoms with van der Waals surface area (Å²) in [7, 11) is 0. The van der Waals surface area contributed by atoms with Gasteiger partial charge in [-0.15, -0.1) is 0 Å². The van der Waals surface area contributed by atoms with Crippen molar-refractivity contribution in [3.63, 3.8) is 0 Å². The zero-order valence-corrected chi connectivity index (χ0v) is 10.3. The number of amides is 1. The first-order valence-electron chi connectivity index (χ1n) is 5.73. The van der Waals surface area contributed by atoms with E-state index in [2.05, 4.69) is 10.4 Å². The Morgan fingerprint density at radius 2 is 2.26 bits per heavy atom. The van der Waals surface area contributed by atoms with Gasteiger partial charge in [0.1, 0.15) is 12.3 Å². The molecule has 0 fully saturated rings. The summed E-state index contributed by atoms with van der Waals surface area (Å²) in [6.45, 7) is 1.64. The SMILES string of the molecule is CCc1occc1C(=O)Nc1ccn(CC(=O)O)n1. The molecule has 0 unspecified atom stereocenters. The van der Waals surface area contributed by atoms with E-state index in [1.807, 2.05) is 6.92 Å². The van der Waals surface area contributed by atoms with E-state index in [1.54, 1.807) is 6.07 Å². The van der Waals surface area contributed by atoms with Crippen molar-refractivity contribution in [2.24, 2.45) is 0 Å². The first kappa shape index (κ1) is 12.9. The van der Waals surface area contributed by atoms with E-state index in [1.165, 1.54) is 23.2 Å². The molecule has 0 saturated carbocycles. The number of nitrogens with one attached hydrogen (secondary N) is 1. The van der Waals surface area contributed by atoms with Crippen LogP contribution >= 0.6 is 0 Å². The number of aromatic nitrogens is 2. The van der Waals surface area contributed by atoms with Crippen LogP contribution in [0, 0.1) is 0 Å². The summed E-state index contributed by atoms with van der Waals surface area (Å²) in [4.78, 5) is 22.5. The number of aliphatic carboxylic acids is 1. The number of anilines is 1. The molecule has 0 aromatic carbocycles. The van der Waals surface area contributed by atoms with Crippen LogP contribution in [0.15, 0.2) is 29.0 Å². The van der Waals surface area contributed by atoms with Gasteiger partial charge in [0.15, 0.2) is 5.82 Å². The fourth-order valence-corrected chi connectivity index (χ4v) is 1.66. The molecule has 7 nitrogen and oxygen atoms in total. The van der Waals surface area contributed by atoms with Gasteiger partial charge in [-0.3, -0.25) is 14.3 Å². The van der Waals surface area contributed by atoms with E-state index in [0.717, 1.165) is 0 Å². The molecule has 0 aliphatic carbocycles. The maximum absolute atomic E-state index is 11.9. The summed E-state index contributed by atoms with van der Waals surface area (Å²) in [6, 6.07) is 3.12. The van der Waals surface area contributed by atoms with Crippen LogP contribution in [0.1, 0.15) is 23.0 Å². The Morgan fingerprint density at radius 3 is 2.95 bits per heavy atom. The summed E-state index contributed by atoms with van der Waals surface area (Å²) in [5, 5.41) is 15.1. The average molecular weight is 263 g/mol. The molecular weight excluding hydrogens is 250 g/mol. The number of furan rings is 1. The van der Waals surface area contributed by atoms with Gasteiger partial charge in [0, 0.05) is 18.7 Å². The average Bonchev–Trinajstić information content (AvgIpc) is 2.96. The summed E-state index contributed by atoms with van der Waals surface area (Å²) in [5.41, 5.74) is 0.454. The first-order valence-corrected chi connectivity index (χ1v) is 5.73. The molecule has 19 heavy (non-hydrogen) atoms. The van der Waals surface area contributed by atoms with E-state index in [-0.39, 0.29) is 12.5 Å². The van der Waals surface area contributed by atoms with E-state index in [9.17, 15) is 9.59 Å². The van der Waals surface area contributed by atoms with Crippen LogP contribution in [0.25, 0.3) is 0 Å². The topological polar surface area (TPSA) is 97.4 Å².